The highest BCUT2D eigenvalue weighted by Gasteiger charge is 2.31. The predicted octanol–water partition coefficient (Wildman–Crippen LogP) is 2.73. The van der Waals surface area contributed by atoms with Crippen molar-refractivity contribution in [1.29, 1.82) is 0 Å². The van der Waals surface area contributed by atoms with Crippen LogP contribution in [0.15, 0.2) is 36.7 Å². The molecule has 1 aliphatic heterocycles. The summed E-state index contributed by atoms with van der Waals surface area (Å²) in [4.78, 5) is 31.0. The fourth-order valence-electron chi connectivity index (χ4n) is 3.78. The number of carbonyl (C=O) groups excluding carboxylic acids is 2. The normalized spacial score (nSPS) is 16.8. The number of carbonyl (C=O) groups is 2. The van der Waals surface area contributed by atoms with Crippen molar-refractivity contribution in [2.75, 3.05) is 13.6 Å². The first-order valence-corrected chi connectivity index (χ1v) is 9.31. The zero-order valence-electron chi connectivity index (χ0n) is 15.7. The Balaban J connectivity index is 1.75. The Morgan fingerprint density at radius 1 is 1.17 bits per heavy atom. The fourth-order valence-corrected chi connectivity index (χ4v) is 3.78. The van der Waals surface area contributed by atoms with Gasteiger partial charge >= 0.3 is 0 Å². The van der Waals surface area contributed by atoms with Crippen molar-refractivity contribution in [3.05, 3.63) is 65.1 Å². The maximum Gasteiger partial charge on any atom is 0.256 e. The predicted molar refractivity (Wildman–Crippen MR) is 100 cm³/mol. The highest BCUT2D eigenvalue weighted by molar-refractivity contribution is 5.99. The number of fused-ring (bicyclic) bond motifs is 1. The lowest BCUT2D eigenvalue weighted by Gasteiger charge is -2.36. The monoisotopic (exact) mass is 399 g/mol. The Labute approximate surface area is 165 Å². The van der Waals surface area contributed by atoms with E-state index in [2.05, 4.69) is 15.4 Å². The topological polar surface area (TPSA) is 79.6 Å². The molecule has 0 aliphatic carbocycles. The molecule has 1 saturated heterocycles. The van der Waals surface area contributed by atoms with E-state index in [-0.39, 0.29) is 17.5 Å². The molecule has 0 saturated carbocycles. The zero-order chi connectivity index (χ0) is 20.5. The van der Waals surface area contributed by atoms with E-state index in [0.29, 0.717) is 29.9 Å². The van der Waals surface area contributed by atoms with E-state index in [1.54, 1.807) is 21.7 Å². The van der Waals surface area contributed by atoms with Crippen LogP contribution in [-0.4, -0.2) is 44.9 Å². The highest BCUT2D eigenvalue weighted by atomic mass is 19.1. The van der Waals surface area contributed by atoms with E-state index < -0.39 is 17.5 Å². The largest absolute Gasteiger partial charge is 0.355 e. The van der Waals surface area contributed by atoms with Crippen molar-refractivity contribution in [2.45, 2.75) is 25.3 Å². The number of nitrogens with one attached hydrogen (secondary N) is 1. The summed E-state index contributed by atoms with van der Waals surface area (Å²) in [5, 5.41) is 6.84. The van der Waals surface area contributed by atoms with Gasteiger partial charge in [-0.15, -0.1) is 0 Å². The van der Waals surface area contributed by atoms with Gasteiger partial charge in [-0.25, -0.2) is 18.3 Å². The van der Waals surface area contributed by atoms with Crippen molar-refractivity contribution in [2.24, 2.45) is 0 Å². The summed E-state index contributed by atoms with van der Waals surface area (Å²) in [7, 11) is 1.52. The van der Waals surface area contributed by atoms with Crippen LogP contribution in [0.3, 0.4) is 0 Å². The van der Waals surface area contributed by atoms with E-state index in [1.807, 2.05) is 0 Å². The third-order valence-corrected chi connectivity index (χ3v) is 5.12. The van der Waals surface area contributed by atoms with Gasteiger partial charge in [0.25, 0.3) is 11.8 Å². The second-order valence-electron chi connectivity index (χ2n) is 6.91. The summed E-state index contributed by atoms with van der Waals surface area (Å²) >= 11 is 0. The maximum atomic E-state index is 13.6. The first kappa shape index (κ1) is 19.0. The number of nitrogens with zero attached hydrogens (tertiary/aromatic N) is 4. The van der Waals surface area contributed by atoms with Gasteiger partial charge in [0.1, 0.15) is 17.2 Å². The van der Waals surface area contributed by atoms with Gasteiger partial charge in [0, 0.05) is 31.4 Å². The quantitative estimate of drug-likeness (QED) is 0.735. The second-order valence-corrected chi connectivity index (χ2v) is 6.91. The molecule has 3 aromatic rings. The number of hydrogen-bond donors (Lipinski definition) is 1. The Hall–Kier alpha value is -3.36. The van der Waals surface area contributed by atoms with Crippen LogP contribution in [0.5, 0.6) is 0 Å². The molecule has 1 aromatic carbocycles. The lowest BCUT2D eigenvalue weighted by molar-refractivity contribution is 0.0602. The van der Waals surface area contributed by atoms with Gasteiger partial charge in [0.05, 0.1) is 17.9 Å². The summed E-state index contributed by atoms with van der Waals surface area (Å²) in [6, 6.07) is 4.20. The minimum Gasteiger partial charge on any atom is -0.355 e. The molecule has 7 nitrogen and oxygen atoms in total. The summed E-state index contributed by atoms with van der Waals surface area (Å²) in [6.45, 7) is 0.453. The molecule has 0 bridgehead atoms. The Morgan fingerprint density at radius 2 is 1.93 bits per heavy atom. The Kier molecular flexibility index (Phi) is 4.96. The van der Waals surface area contributed by atoms with Gasteiger partial charge in [0.2, 0.25) is 0 Å². The molecule has 0 unspecified atom stereocenters. The molecule has 4 rings (SSSR count). The number of amides is 2. The van der Waals surface area contributed by atoms with Crippen molar-refractivity contribution >= 4 is 17.5 Å². The van der Waals surface area contributed by atoms with Crippen LogP contribution in [0.2, 0.25) is 0 Å². The van der Waals surface area contributed by atoms with Gasteiger partial charge in [-0.3, -0.25) is 9.59 Å². The Bertz CT molecular complexity index is 1080. The van der Waals surface area contributed by atoms with Crippen LogP contribution in [0.25, 0.3) is 5.65 Å². The lowest BCUT2D eigenvalue weighted by atomic mass is 9.97. The lowest BCUT2D eigenvalue weighted by Crippen LogP contribution is -2.39. The van der Waals surface area contributed by atoms with Crippen LogP contribution in [-0.2, 0) is 0 Å². The van der Waals surface area contributed by atoms with E-state index in [9.17, 15) is 18.4 Å². The molecule has 29 heavy (non-hydrogen) atoms. The summed E-state index contributed by atoms with van der Waals surface area (Å²) in [5.41, 5.74) is 1.37. The second kappa shape index (κ2) is 7.57. The van der Waals surface area contributed by atoms with Crippen LogP contribution >= 0.6 is 0 Å². The molecule has 9 heteroatoms. The molecular weight excluding hydrogens is 380 g/mol. The fraction of sp³-hybridized carbons (Fsp3) is 0.300. The molecule has 150 valence electrons. The van der Waals surface area contributed by atoms with E-state index >= 15 is 0 Å². The molecule has 1 aliphatic rings. The summed E-state index contributed by atoms with van der Waals surface area (Å²) < 4.78 is 28.8. The molecule has 3 heterocycles. The van der Waals surface area contributed by atoms with Crippen molar-refractivity contribution in [3.8, 4) is 0 Å². The minimum atomic E-state index is -0.796. The number of likely N-dealkylation sites (tertiary alicyclic amines) is 1. The molecular formula is C20H19F2N5O2. The third kappa shape index (κ3) is 3.43. The zero-order valence-corrected chi connectivity index (χ0v) is 15.7. The minimum absolute atomic E-state index is 0.0359. The number of piperidine rings is 1. The smallest absolute Gasteiger partial charge is 0.256 e. The average molecular weight is 399 g/mol. The first-order chi connectivity index (χ1) is 14.0. The highest BCUT2D eigenvalue weighted by Crippen LogP contribution is 2.32. The standard InChI is InChI=1S/C20H19F2N5O2/c1-23-19(28)15-11-25-27-17(5-6-24-18(15)27)16-4-2-3-7-26(16)20(29)12-8-13(21)10-14(22)9-12/h5-6,8-11,16H,2-4,7H2,1H3,(H,23,28)/t16-/m0/s1. The first-order valence-electron chi connectivity index (χ1n) is 9.31. The molecule has 1 atom stereocenters. The third-order valence-electron chi connectivity index (χ3n) is 5.12. The summed E-state index contributed by atoms with van der Waals surface area (Å²) in [5.74, 6) is -2.35. The molecule has 0 radical (unpaired) electrons. The van der Waals surface area contributed by atoms with Gasteiger partial charge < -0.3 is 10.2 Å². The van der Waals surface area contributed by atoms with Gasteiger partial charge in [-0.1, -0.05) is 0 Å². The van der Waals surface area contributed by atoms with E-state index in [4.69, 9.17) is 0 Å². The van der Waals surface area contributed by atoms with Crippen molar-refractivity contribution in [1.82, 2.24) is 24.8 Å². The van der Waals surface area contributed by atoms with Crippen LogP contribution in [0, 0.1) is 11.6 Å². The SMILES string of the molecule is CNC(=O)c1cnn2c([C@@H]3CCCCN3C(=O)c3cc(F)cc(F)c3)ccnc12. The number of rotatable bonds is 3. The van der Waals surface area contributed by atoms with Gasteiger partial charge in [-0.2, -0.15) is 5.10 Å². The average Bonchev–Trinajstić information content (AvgIpc) is 3.16. The van der Waals surface area contributed by atoms with E-state index in [1.165, 1.54) is 13.2 Å². The van der Waals surface area contributed by atoms with Gasteiger partial charge in [0.15, 0.2) is 5.65 Å². The molecule has 0 spiro atoms. The van der Waals surface area contributed by atoms with Crippen molar-refractivity contribution in [3.63, 3.8) is 0 Å². The van der Waals surface area contributed by atoms with Gasteiger partial charge in [-0.05, 0) is 37.5 Å². The molecule has 2 amide bonds. The molecule has 2 aromatic heterocycles. The Morgan fingerprint density at radius 3 is 2.66 bits per heavy atom. The maximum absolute atomic E-state index is 13.6. The number of aromatic nitrogens is 3. The summed E-state index contributed by atoms with van der Waals surface area (Å²) in [6.07, 6.45) is 5.34. The van der Waals surface area contributed by atoms with Crippen LogP contribution in [0.4, 0.5) is 8.78 Å². The van der Waals surface area contributed by atoms with Crippen LogP contribution in [0.1, 0.15) is 51.7 Å². The molecule has 1 fully saturated rings. The number of hydrogen-bond acceptors (Lipinski definition) is 4. The van der Waals surface area contributed by atoms with Crippen molar-refractivity contribution < 1.29 is 18.4 Å². The van der Waals surface area contributed by atoms with E-state index in [0.717, 1.165) is 31.0 Å². The molecule has 1 N–H and O–H groups in total. The number of halogens is 2. The van der Waals surface area contributed by atoms with Crippen LogP contribution < -0.4 is 5.32 Å². The number of benzene rings is 1.